The predicted octanol–water partition coefficient (Wildman–Crippen LogP) is 13.6. The van der Waals surface area contributed by atoms with Crippen molar-refractivity contribution in [2.24, 2.45) is 0 Å². The molecule has 1 aliphatic rings. The van der Waals surface area contributed by atoms with Crippen LogP contribution in [0.15, 0.2) is 188 Å². The van der Waals surface area contributed by atoms with E-state index >= 15 is 0 Å². The number of nitrogens with zero attached hydrogens (tertiary/aromatic N) is 1. The molecule has 0 atom stereocenters. The summed E-state index contributed by atoms with van der Waals surface area (Å²) in [4.78, 5) is 2.44. The fourth-order valence-corrected chi connectivity index (χ4v) is 8.01. The molecule has 8 aromatic carbocycles. The number of benzene rings is 8. The Morgan fingerprint density at radius 3 is 1.46 bits per heavy atom. The third-order valence-electron chi connectivity index (χ3n) is 10.5. The maximum Gasteiger partial charge on any atom is 0.0543 e. The number of hydrogen-bond acceptors (Lipinski definition) is 1. The summed E-state index contributed by atoms with van der Waals surface area (Å²) in [5.74, 6) is 0. The van der Waals surface area contributed by atoms with Crippen LogP contribution in [0.4, 0.5) is 17.1 Å². The lowest BCUT2D eigenvalue weighted by Crippen LogP contribution is -2.16. The summed E-state index contributed by atoms with van der Waals surface area (Å²) in [6, 6.07) is 68.5. The van der Waals surface area contributed by atoms with E-state index in [9.17, 15) is 0 Å². The first-order valence-electron chi connectivity index (χ1n) is 17.4. The Hall–Kier alpha value is -6.18. The van der Waals surface area contributed by atoms with E-state index in [2.05, 4.69) is 207 Å². The Labute approximate surface area is 294 Å². The summed E-state index contributed by atoms with van der Waals surface area (Å²) in [5, 5.41) is 2.52. The molecule has 1 nitrogen and oxygen atoms in total. The molecule has 50 heavy (non-hydrogen) atoms. The Morgan fingerprint density at radius 1 is 0.360 bits per heavy atom. The molecule has 9 rings (SSSR count). The van der Waals surface area contributed by atoms with E-state index in [1.54, 1.807) is 0 Å². The quantitative estimate of drug-likeness (QED) is 0.175. The topological polar surface area (TPSA) is 3.24 Å². The standard InChI is InChI=1S/C49H37N/c1-49(2)44-23-10-9-20-43(44)48-45(49)24-13-25-46(48)50(39-30-26-35(27-31-39)34-14-5-3-6-15-34)40-32-28-37(29-33-40)42-22-12-19-38-18-11-21-41(47(38)42)36-16-7-4-8-17-36/h3-33H,1-2H3. The Kier molecular flexibility index (Phi) is 7.21. The molecule has 0 saturated heterocycles. The minimum Gasteiger partial charge on any atom is -0.310 e. The number of fused-ring (bicyclic) bond motifs is 4. The molecule has 0 aliphatic heterocycles. The van der Waals surface area contributed by atoms with Gasteiger partial charge in [0.15, 0.2) is 0 Å². The maximum absolute atomic E-state index is 2.44. The Morgan fingerprint density at radius 2 is 0.820 bits per heavy atom. The van der Waals surface area contributed by atoms with Crippen LogP contribution < -0.4 is 4.90 Å². The molecule has 0 saturated carbocycles. The molecule has 0 bridgehead atoms. The molecule has 0 spiro atoms. The van der Waals surface area contributed by atoms with Crippen molar-refractivity contribution in [3.8, 4) is 44.5 Å². The lowest BCUT2D eigenvalue weighted by atomic mass is 9.82. The van der Waals surface area contributed by atoms with Gasteiger partial charge in [0.2, 0.25) is 0 Å². The summed E-state index contributed by atoms with van der Waals surface area (Å²) in [7, 11) is 0. The zero-order valence-electron chi connectivity index (χ0n) is 28.3. The van der Waals surface area contributed by atoms with Crippen LogP contribution in [0, 0.1) is 0 Å². The van der Waals surface area contributed by atoms with Gasteiger partial charge in [-0.25, -0.2) is 0 Å². The molecule has 0 unspecified atom stereocenters. The molecule has 0 heterocycles. The first kappa shape index (κ1) is 29.9. The van der Waals surface area contributed by atoms with Crippen molar-refractivity contribution in [1.82, 2.24) is 0 Å². The molecular weight excluding hydrogens is 603 g/mol. The first-order valence-corrected chi connectivity index (χ1v) is 17.4. The SMILES string of the molecule is CC1(C)c2ccccc2-c2c(N(c3ccc(-c4ccccc4)cc3)c3ccc(-c4cccc5cccc(-c6ccccc6)c45)cc3)cccc21. The van der Waals surface area contributed by atoms with Crippen LogP contribution in [0.3, 0.4) is 0 Å². The highest BCUT2D eigenvalue weighted by Crippen LogP contribution is 2.54. The van der Waals surface area contributed by atoms with Crippen molar-refractivity contribution in [2.45, 2.75) is 19.3 Å². The van der Waals surface area contributed by atoms with Gasteiger partial charge in [0.1, 0.15) is 0 Å². The third kappa shape index (κ3) is 4.94. The van der Waals surface area contributed by atoms with E-state index in [0.717, 1.165) is 11.4 Å². The fraction of sp³-hybridized carbons (Fsp3) is 0.0612. The Bertz CT molecular complexity index is 2470. The van der Waals surface area contributed by atoms with Crippen molar-refractivity contribution < 1.29 is 0 Å². The second-order valence-electron chi connectivity index (χ2n) is 13.7. The molecule has 1 heteroatoms. The van der Waals surface area contributed by atoms with Gasteiger partial charge < -0.3 is 4.90 Å². The van der Waals surface area contributed by atoms with E-state index in [1.807, 2.05) is 0 Å². The molecule has 1 aliphatic carbocycles. The van der Waals surface area contributed by atoms with Crippen LogP contribution in [-0.4, -0.2) is 0 Å². The van der Waals surface area contributed by atoms with E-state index in [4.69, 9.17) is 0 Å². The van der Waals surface area contributed by atoms with Gasteiger partial charge >= 0.3 is 0 Å². The van der Waals surface area contributed by atoms with Gasteiger partial charge in [-0.1, -0.05) is 172 Å². The average molecular weight is 640 g/mol. The lowest BCUT2D eigenvalue weighted by molar-refractivity contribution is 0.660. The van der Waals surface area contributed by atoms with E-state index < -0.39 is 0 Å². The molecule has 8 aromatic rings. The summed E-state index contributed by atoms with van der Waals surface area (Å²) < 4.78 is 0. The average Bonchev–Trinajstić information content (AvgIpc) is 3.42. The van der Waals surface area contributed by atoms with Crippen molar-refractivity contribution >= 4 is 27.8 Å². The zero-order chi connectivity index (χ0) is 33.7. The number of anilines is 3. The second kappa shape index (κ2) is 12.1. The van der Waals surface area contributed by atoms with Gasteiger partial charge in [-0.15, -0.1) is 0 Å². The molecule has 0 amide bonds. The maximum atomic E-state index is 2.44. The molecule has 0 radical (unpaired) electrons. The van der Waals surface area contributed by atoms with Gasteiger partial charge in [-0.2, -0.15) is 0 Å². The molecule has 0 N–H and O–H groups in total. The molecule has 0 fully saturated rings. The van der Waals surface area contributed by atoms with Gasteiger partial charge in [0.05, 0.1) is 5.69 Å². The van der Waals surface area contributed by atoms with E-state index in [0.29, 0.717) is 0 Å². The highest BCUT2D eigenvalue weighted by atomic mass is 15.1. The second-order valence-corrected chi connectivity index (χ2v) is 13.7. The minimum absolute atomic E-state index is 0.0839. The molecule has 238 valence electrons. The van der Waals surface area contributed by atoms with Gasteiger partial charge in [0.25, 0.3) is 0 Å². The van der Waals surface area contributed by atoms with Crippen LogP contribution in [-0.2, 0) is 5.41 Å². The zero-order valence-corrected chi connectivity index (χ0v) is 28.3. The van der Waals surface area contributed by atoms with E-state index in [1.165, 1.54) is 72.1 Å². The van der Waals surface area contributed by atoms with Gasteiger partial charge in [-0.05, 0) is 91.2 Å². The normalized spacial score (nSPS) is 12.8. The predicted molar refractivity (Wildman–Crippen MR) is 213 cm³/mol. The largest absolute Gasteiger partial charge is 0.310 e. The van der Waals surface area contributed by atoms with Crippen LogP contribution in [0.1, 0.15) is 25.0 Å². The third-order valence-corrected chi connectivity index (χ3v) is 10.5. The fourth-order valence-electron chi connectivity index (χ4n) is 8.01. The number of hydrogen-bond donors (Lipinski definition) is 0. The summed E-state index contributed by atoms with van der Waals surface area (Å²) in [5.41, 5.74) is 16.1. The molecule has 0 aromatic heterocycles. The first-order chi connectivity index (χ1) is 24.6. The van der Waals surface area contributed by atoms with Crippen LogP contribution in [0.25, 0.3) is 55.3 Å². The van der Waals surface area contributed by atoms with Crippen molar-refractivity contribution in [1.29, 1.82) is 0 Å². The van der Waals surface area contributed by atoms with Crippen LogP contribution in [0.2, 0.25) is 0 Å². The summed E-state index contributed by atoms with van der Waals surface area (Å²) >= 11 is 0. The minimum atomic E-state index is -0.0839. The van der Waals surface area contributed by atoms with Crippen molar-refractivity contribution in [3.05, 3.63) is 199 Å². The van der Waals surface area contributed by atoms with Crippen molar-refractivity contribution in [2.75, 3.05) is 4.90 Å². The van der Waals surface area contributed by atoms with E-state index in [-0.39, 0.29) is 5.41 Å². The smallest absolute Gasteiger partial charge is 0.0543 e. The number of rotatable bonds is 6. The van der Waals surface area contributed by atoms with Crippen LogP contribution in [0.5, 0.6) is 0 Å². The van der Waals surface area contributed by atoms with Crippen molar-refractivity contribution in [3.63, 3.8) is 0 Å². The highest BCUT2D eigenvalue weighted by Gasteiger charge is 2.37. The highest BCUT2D eigenvalue weighted by molar-refractivity contribution is 6.06. The monoisotopic (exact) mass is 639 g/mol. The van der Waals surface area contributed by atoms with Gasteiger partial charge in [-0.3, -0.25) is 0 Å². The van der Waals surface area contributed by atoms with Crippen LogP contribution >= 0.6 is 0 Å². The molecular formula is C49H37N. The Balaban J connectivity index is 1.21. The lowest BCUT2D eigenvalue weighted by Gasteiger charge is -2.29. The van der Waals surface area contributed by atoms with Gasteiger partial charge in [0, 0.05) is 22.4 Å². The summed E-state index contributed by atoms with van der Waals surface area (Å²) in [6.07, 6.45) is 0. The summed E-state index contributed by atoms with van der Waals surface area (Å²) in [6.45, 7) is 4.70.